The Labute approximate surface area is 105 Å². The van der Waals surface area contributed by atoms with Crippen molar-refractivity contribution in [1.29, 1.82) is 0 Å². The van der Waals surface area contributed by atoms with Crippen LogP contribution in [-0.2, 0) is 16.0 Å². The van der Waals surface area contributed by atoms with Crippen LogP contribution in [0.1, 0.15) is 18.9 Å². The maximum atomic E-state index is 9.55. The van der Waals surface area contributed by atoms with Crippen LogP contribution in [0, 0.1) is 0 Å². The van der Waals surface area contributed by atoms with Gasteiger partial charge in [0, 0.05) is 12.2 Å². The molecule has 0 saturated heterocycles. The maximum absolute atomic E-state index is 9.55. The van der Waals surface area contributed by atoms with Gasteiger partial charge in [-0.05, 0) is 18.1 Å². The number of aliphatic carboxylic acids is 2. The third-order valence-corrected chi connectivity index (χ3v) is 1.88. The number of hydrogen-bond acceptors (Lipinski definition) is 3. The molecule has 3 N–H and O–H groups in total. The number of benzene rings is 1. The van der Waals surface area contributed by atoms with Gasteiger partial charge in [-0.25, -0.2) is 9.59 Å². The van der Waals surface area contributed by atoms with Crippen LogP contribution in [0.3, 0.4) is 0 Å². The number of phenolic OH excluding ortho intramolecular Hbond substituents is 1. The number of phenols is 1. The van der Waals surface area contributed by atoms with Crippen molar-refractivity contribution in [2.24, 2.45) is 0 Å². The molecule has 0 aliphatic carbocycles. The minimum absolute atomic E-state index is 0.421. The van der Waals surface area contributed by atoms with E-state index in [0.29, 0.717) is 17.9 Å². The summed E-state index contributed by atoms with van der Waals surface area (Å²) in [6.07, 6.45) is 3.16. The third-order valence-electron chi connectivity index (χ3n) is 1.88. The van der Waals surface area contributed by atoms with Gasteiger partial charge in [0.1, 0.15) is 5.75 Å². The molecule has 0 amide bonds. The lowest BCUT2D eigenvalue weighted by Crippen LogP contribution is -1.91. The average Bonchev–Trinajstić information content (AvgIpc) is 2.31. The predicted molar refractivity (Wildman–Crippen MR) is 66.5 cm³/mol. The molecule has 98 valence electrons. The lowest BCUT2D eigenvalue weighted by molar-refractivity contribution is -0.134. The van der Waals surface area contributed by atoms with Gasteiger partial charge in [-0.3, -0.25) is 0 Å². The van der Waals surface area contributed by atoms with Crippen molar-refractivity contribution >= 4 is 11.9 Å². The van der Waals surface area contributed by atoms with Crippen molar-refractivity contribution in [3.8, 4) is 5.75 Å². The van der Waals surface area contributed by atoms with Gasteiger partial charge in [-0.2, -0.15) is 0 Å². The summed E-state index contributed by atoms with van der Waals surface area (Å²) in [6.45, 7) is 2.10. The zero-order valence-corrected chi connectivity index (χ0v) is 10.0. The van der Waals surface area contributed by atoms with Crippen LogP contribution in [-0.4, -0.2) is 27.3 Å². The lowest BCUT2D eigenvalue weighted by Gasteiger charge is -1.99. The molecule has 1 aromatic rings. The first-order valence-electron chi connectivity index (χ1n) is 5.38. The lowest BCUT2D eigenvalue weighted by atomic mass is 10.1. The molecule has 0 heterocycles. The molecular weight excluding hydrogens is 236 g/mol. The van der Waals surface area contributed by atoms with E-state index in [2.05, 4.69) is 6.92 Å². The first-order valence-corrected chi connectivity index (χ1v) is 5.38. The summed E-state index contributed by atoms with van der Waals surface area (Å²) in [5, 5.41) is 24.9. The van der Waals surface area contributed by atoms with Gasteiger partial charge in [0.05, 0.1) is 0 Å². The van der Waals surface area contributed by atoms with Crippen LogP contribution < -0.4 is 0 Å². The summed E-state index contributed by atoms with van der Waals surface area (Å²) in [6, 6.07) is 7.48. The Bertz CT molecular complexity index is 407. The topological polar surface area (TPSA) is 94.8 Å². The predicted octanol–water partition coefficient (Wildman–Crippen LogP) is 2.06. The van der Waals surface area contributed by atoms with E-state index < -0.39 is 11.9 Å². The van der Waals surface area contributed by atoms with Gasteiger partial charge in [0.25, 0.3) is 0 Å². The average molecular weight is 252 g/mol. The molecule has 5 heteroatoms. The molecule has 0 spiro atoms. The van der Waals surface area contributed by atoms with Crippen LogP contribution in [0.5, 0.6) is 5.75 Å². The highest BCUT2D eigenvalue weighted by molar-refractivity contribution is 5.89. The van der Waals surface area contributed by atoms with Crippen LogP contribution in [0.25, 0.3) is 0 Å². The Hall–Kier alpha value is -2.30. The maximum Gasteiger partial charge on any atom is 0.328 e. The van der Waals surface area contributed by atoms with Crippen LogP contribution in [0.2, 0.25) is 0 Å². The van der Waals surface area contributed by atoms with Crippen molar-refractivity contribution in [3.63, 3.8) is 0 Å². The van der Waals surface area contributed by atoms with Gasteiger partial charge in [-0.15, -0.1) is 0 Å². The summed E-state index contributed by atoms with van der Waals surface area (Å²) in [5.41, 5.74) is 1.05. The van der Waals surface area contributed by atoms with Gasteiger partial charge in [0.2, 0.25) is 0 Å². The number of carbonyl (C=O) groups is 2. The second-order valence-corrected chi connectivity index (χ2v) is 3.39. The smallest absolute Gasteiger partial charge is 0.328 e. The number of carboxylic acids is 2. The minimum atomic E-state index is -1.26. The summed E-state index contributed by atoms with van der Waals surface area (Å²) < 4.78 is 0. The molecule has 0 atom stereocenters. The van der Waals surface area contributed by atoms with E-state index in [9.17, 15) is 14.7 Å². The highest BCUT2D eigenvalue weighted by Gasteiger charge is 1.95. The van der Waals surface area contributed by atoms with E-state index in [1.54, 1.807) is 6.07 Å². The number of hydrogen-bond donors (Lipinski definition) is 3. The quantitative estimate of drug-likeness (QED) is 0.713. The molecule has 0 bridgehead atoms. The monoisotopic (exact) mass is 252 g/mol. The van der Waals surface area contributed by atoms with Crippen molar-refractivity contribution in [2.45, 2.75) is 19.8 Å². The van der Waals surface area contributed by atoms with Gasteiger partial charge in [0.15, 0.2) is 0 Å². The largest absolute Gasteiger partial charge is 0.508 e. The molecule has 0 saturated carbocycles. The molecule has 5 nitrogen and oxygen atoms in total. The second-order valence-electron chi connectivity index (χ2n) is 3.39. The summed E-state index contributed by atoms with van der Waals surface area (Å²) in [7, 11) is 0. The molecule has 1 aromatic carbocycles. The summed E-state index contributed by atoms with van der Waals surface area (Å²) in [4.78, 5) is 19.1. The van der Waals surface area contributed by atoms with E-state index in [0.717, 1.165) is 18.4 Å². The Morgan fingerprint density at radius 3 is 2.00 bits per heavy atom. The van der Waals surface area contributed by atoms with Crippen molar-refractivity contribution in [2.75, 3.05) is 0 Å². The number of aryl methyl sites for hydroxylation is 1. The molecule has 0 unspecified atom stereocenters. The Kier molecular flexibility index (Phi) is 7.68. The molecule has 0 radical (unpaired) electrons. The summed E-state index contributed by atoms with van der Waals surface area (Å²) >= 11 is 0. The molecule has 0 aromatic heterocycles. The number of aromatic hydroxyl groups is 1. The highest BCUT2D eigenvalue weighted by Crippen LogP contribution is 2.16. The number of para-hydroxylation sites is 1. The number of rotatable bonds is 4. The van der Waals surface area contributed by atoms with E-state index in [1.165, 1.54) is 0 Å². The van der Waals surface area contributed by atoms with Crippen molar-refractivity contribution in [1.82, 2.24) is 0 Å². The Morgan fingerprint density at radius 2 is 1.61 bits per heavy atom. The SMILES string of the molecule is CCCc1ccccc1O.O=C(O)/C=C/C(=O)O. The van der Waals surface area contributed by atoms with Crippen molar-refractivity contribution < 1.29 is 24.9 Å². The molecule has 0 aliphatic heterocycles. The fourth-order valence-corrected chi connectivity index (χ4v) is 1.13. The van der Waals surface area contributed by atoms with Crippen LogP contribution >= 0.6 is 0 Å². The van der Waals surface area contributed by atoms with Gasteiger partial charge < -0.3 is 15.3 Å². The van der Waals surface area contributed by atoms with E-state index in [1.807, 2.05) is 18.2 Å². The van der Waals surface area contributed by atoms with E-state index >= 15 is 0 Å². The van der Waals surface area contributed by atoms with Crippen molar-refractivity contribution in [3.05, 3.63) is 42.0 Å². The molecular formula is C13H16O5. The molecule has 18 heavy (non-hydrogen) atoms. The van der Waals surface area contributed by atoms with Gasteiger partial charge in [-0.1, -0.05) is 31.5 Å². The Morgan fingerprint density at radius 1 is 1.11 bits per heavy atom. The Balaban J connectivity index is 0.000000331. The standard InChI is InChI=1S/C9H12O.C4H4O4/c1-2-5-8-6-3-4-7-9(8)10;5-3(6)1-2-4(7)8/h3-4,6-7,10H,2,5H2,1H3;1-2H,(H,5,6)(H,7,8)/b;2-1+. The second kappa shape index (κ2) is 8.81. The van der Waals surface area contributed by atoms with Crippen LogP contribution in [0.4, 0.5) is 0 Å². The van der Waals surface area contributed by atoms with E-state index in [-0.39, 0.29) is 0 Å². The normalized spacial score (nSPS) is 9.61. The summed E-state index contributed by atoms with van der Waals surface area (Å²) in [5.74, 6) is -2.09. The third kappa shape index (κ3) is 7.92. The number of carboxylic acid groups (broad SMARTS) is 2. The van der Waals surface area contributed by atoms with E-state index in [4.69, 9.17) is 10.2 Å². The molecule has 0 fully saturated rings. The highest BCUT2D eigenvalue weighted by atomic mass is 16.4. The first-order chi connectivity index (χ1) is 8.47. The zero-order chi connectivity index (χ0) is 14.0. The van der Waals surface area contributed by atoms with Gasteiger partial charge >= 0.3 is 11.9 Å². The zero-order valence-electron chi connectivity index (χ0n) is 10.0. The fourth-order valence-electron chi connectivity index (χ4n) is 1.13. The molecule has 0 aliphatic rings. The minimum Gasteiger partial charge on any atom is -0.508 e. The fraction of sp³-hybridized carbons (Fsp3) is 0.231. The first kappa shape index (κ1) is 15.7. The molecule has 1 rings (SSSR count). The van der Waals surface area contributed by atoms with Crippen LogP contribution in [0.15, 0.2) is 36.4 Å².